The van der Waals surface area contributed by atoms with Crippen LogP contribution < -0.4 is 10.6 Å². The first kappa shape index (κ1) is 12.9. The molecule has 0 aliphatic rings. The van der Waals surface area contributed by atoms with Gasteiger partial charge in [0.05, 0.1) is 6.54 Å². The van der Waals surface area contributed by atoms with Crippen LogP contribution in [0.15, 0.2) is 0 Å². The van der Waals surface area contributed by atoms with Crippen molar-refractivity contribution in [2.24, 2.45) is 0 Å². The SMILES string of the molecule is CC(C)(C)NC(=O)CCNCC(=O)O. The number of hydrogen-bond donors (Lipinski definition) is 3. The fraction of sp³-hybridized carbons (Fsp3) is 0.778. The van der Waals surface area contributed by atoms with Crippen LogP contribution in [0.1, 0.15) is 27.2 Å². The number of aliphatic carboxylic acids is 1. The zero-order valence-electron chi connectivity index (χ0n) is 8.89. The van der Waals surface area contributed by atoms with Gasteiger partial charge in [0.25, 0.3) is 0 Å². The lowest BCUT2D eigenvalue weighted by molar-refractivity contribution is -0.136. The minimum Gasteiger partial charge on any atom is -0.480 e. The molecule has 0 aliphatic heterocycles. The van der Waals surface area contributed by atoms with E-state index in [0.29, 0.717) is 13.0 Å². The van der Waals surface area contributed by atoms with Crippen molar-refractivity contribution in [3.8, 4) is 0 Å². The van der Waals surface area contributed by atoms with Gasteiger partial charge < -0.3 is 15.7 Å². The van der Waals surface area contributed by atoms with Crippen molar-refractivity contribution in [3.63, 3.8) is 0 Å². The molecular formula is C9H18N2O3. The number of rotatable bonds is 5. The summed E-state index contributed by atoms with van der Waals surface area (Å²) in [6.07, 6.45) is 0.296. The van der Waals surface area contributed by atoms with E-state index in [1.807, 2.05) is 20.8 Å². The van der Waals surface area contributed by atoms with Gasteiger partial charge in [-0.1, -0.05) is 0 Å². The summed E-state index contributed by atoms with van der Waals surface area (Å²) < 4.78 is 0. The van der Waals surface area contributed by atoms with Crippen LogP contribution in [0.25, 0.3) is 0 Å². The van der Waals surface area contributed by atoms with Crippen LogP contribution in [-0.2, 0) is 9.59 Å². The first-order chi connectivity index (χ1) is 6.31. The normalized spacial score (nSPS) is 11.1. The van der Waals surface area contributed by atoms with Crippen molar-refractivity contribution in [1.82, 2.24) is 10.6 Å². The average Bonchev–Trinajstić information content (AvgIpc) is 1.94. The predicted octanol–water partition coefficient (Wildman–Crippen LogP) is -0.0346. The molecule has 0 unspecified atom stereocenters. The molecule has 0 radical (unpaired) electrons. The smallest absolute Gasteiger partial charge is 0.317 e. The summed E-state index contributed by atoms with van der Waals surface area (Å²) in [5.41, 5.74) is -0.232. The lowest BCUT2D eigenvalue weighted by atomic mass is 10.1. The van der Waals surface area contributed by atoms with Crippen LogP contribution in [0.4, 0.5) is 0 Å². The van der Waals surface area contributed by atoms with E-state index >= 15 is 0 Å². The van der Waals surface area contributed by atoms with E-state index in [9.17, 15) is 9.59 Å². The van der Waals surface area contributed by atoms with Crippen LogP contribution in [0.5, 0.6) is 0 Å². The average molecular weight is 202 g/mol. The standard InChI is InChI=1S/C9H18N2O3/c1-9(2,3)11-7(12)4-5-10-6-8(13)14/h10H,4-6H2,1-3H3,(H,11,12)(H,13,14). The summed E-state index contributed by atoms with van der Waals surface area (Å²) in [6.45, 7) is 5.97. The summed E-state index contributed by atoms with van der Waals surface area (Å²) in [7, 11) is 0. The third-order valence-electron chi connectivity index (χ3n) is 1.32. The van der Waals surface area contributed by atoms with E-state index in [0.717, 1.165) is 0 Å². The maximum atomic E-state index is 11.2. The van der Waals surface area contributed by atoms with Gasteiger partial charge in [-0.25, -0.2) is 0 Å². The third-order valence-corrected chi connectivity index (χ3v) is 1.32. The summed E-state index contributed by atoms with van der Waals surface area (Å²) >= 11 is 0. The first-order valence-electron chi connectivity index (χ1n) is 4.55. The van der Waals surface area contributed by atoms with Crippen LogP contribution in [0.3, 0.4) is 0 Å². The zero-order valence-corrected chi connectivity index (χ0v) is 8.89. The summed E-state index contributed by atoms with van der Waals surface area (Å²) in [6, 6.07) is 0. The highest BCUT2D eigenvalue weighted by atomic mass is 16.4. The lowest BCUT2D eigenvalue weighted by Gasteiger charge is -2.20. The molecule has 0 saturated carbocycles. The second-order valence-electron chi connectivity index (χ2n) is 4.12. The van der Waals surface area contributed by atoms with E-state index in [1.165, 1.54) is 0 Å². The van der Waals surface area contributed by atoms with E-state index in [2.05, 4.69) is 10.6 Å². The van der Waals surface area contributed by atoms with Crippen molar-refractivity contribution < 1.29 is 14.7 Å². The fourth-order valence-corrected chi connectivity index (χ4v) is 0.878. The number of carboxylic acids is 1. The van der Waals surface area contributed by atoms with Gasteiger partial charge in [0.1, 0.15) is 0 Å². The minimum absolute atomic E-state index is 0.0737. The molecule has 0 aromatic heterocycles. The molecule has 0 spiro atoms. The Kier molecular flexibility index (Phi) is 5.15. The molecule has 0 aromatic carbocycles. The van der Waals surface area contributed by atoms with Gasteiger partial charge in [-0.3, -0.25) is 9.59 Å². The van der Waals surface area contributed by atoms with Crippen molar-refractivity contribution in [1.29, 1.82) is 0 Å². The highest BCUT2D eigenvalue weighted by molar-refractivity contribution is 5.77. The van der Waals surface area contributed by atoms with Gasteiger partial charge in [-0.2, -0.15) is 0 Å². The van der Waals surface area contributed by atoms with Crippen molar-refractivity contribution in [2.45, 2.75) is 32.7 Å². The minimum atomic E-state index is -0.916. The van der Waals surface area contributed by atoms with Gasteiger partial charge in [0.2, 0.25) is 5.91 Å². The summed E-state index contributed by atoms with van der Waals surface area (Å²) in [4.78, 5) is 21.3. The first-order valence-corrected chi connectivity index (χ1v) is 4.55. The molecule has 14 heavy (non-hydrogen) atoms. The Hall–Kier alpha value is -1.10. The van der Waals surface area contributed by atoms with Crippen molar-refractivity contribution in [2.75, 3.05) is 13.1 Å². The molecule has 0 fully saturated rings. The zero-order chi connectivity index (χ0) is 11.2. The largest absolute Gasteiger partial charge is 0.480 e. The molecule has 0 bridgehead atoms. The van der Waals surface area contributed by atoms with Gasteiger partial charge >= 0.3 is 5.97 Å². The number of hydrogen-bond acceptors (Lipinski definition) is 3. The number of nitrogens with one attached hydrogen (secondary N) is 2. The highest BCUT2D eigenvalue weighted by Crippen LogP contribution is 1.98. The van der Waals surface area contributed by atoms with E-state index in [4.69, 9.17) is 5.11 Å². The number of carbonyl (C=O) groups is 2. The number of amides is 1. The Morgan fingerprint density at radius 1 is 1.29 bits per heavy atom. The Labute approximate surface area is 83.9 Å². The lowest BCUT2D eigenvalue weighted by Crippen LogP contribution is -2.41. The molecule has 1 amide bonds. The Morgan fingerprint density at radius 2 is 1.86 bits per heavy atom. The van der Waals surface area contributed by atoms with E-state index in [-0.39, 0.29) is 18.0 Å². The third kappa shape index (κ3) is 8.99. The Balaban J connectivity index is 3.50. The molecule has 0 rings (SSSR count). The quantitative estimate of drug-likeness (QED) is 0.547. The van der Waals surface area contributed by atoms with Gasteiger partial charge in [0.15, 0.2) is 0 Å². The van der Waals surface area contributed by atoms with E-state index in [1.54, 1.807) is 0 Å². The monoisotopic (exact) mass is 202 g/mol. The number of carboxylic acid groups (broad SMARTS) is 1. The van der Waals surface area contributed by atoms with Gasteiger partial charge in [-0.05, 0) is 20.8 Å². The molecule has 0 heterocycles. The molecule has 5 heteroatoms. The second-order valence-corrected chi connectivity index (χ2v) is 4.12. The topological polar surface area (TPSA) is 78.4 Å². The molecule has 3 N–H and O–H groups in total. The second kappa shape index (κ2) is 5.59. The fourth-order valence-electron chi connectivity index (χ4n) is 0.878. The molecule has 0 aliphatic carbocycles. The Morgan fingerprint density at radius 3 is 2.29 bits per heavy atom. The highest BCUT2D eigenvalue weighted by Gasteiger charge is 2.12. The van der Waals surface area contributed by atoms with Gasteiger partial charge in [0, 0.05) is 18.5 Å². The van der Waals surface area contributed by atoms with Crippen LogP contribution >= 0.6 is 0 Å². The predicted molar refractivity (Wildman–Crippen MR) is 53.0 cm³/mol. The van der Waals surface area contributed by atoms with Crippen LogP contribution in [-0.4, -0.2) is 35.6 Å². The van der Waals surface area contributed by atoms with Crippen molar-refractivity contribution >= 4 is 11.9 Å². The van der Waals surface area contributed by atoms with Crippen LogP contribution in [0, 0.1) is 0 Å². The van der Waals surface area contributed by atoms with Crippen LogP contribution in [0.2, 0.25) is 0 Å². The number of carbonyl (C=O) groups excluding carboxylic acids is 1. The maximum Gasteiger partial charge on any atom is 0.317 e. The maximum absolute atomic E-state index is 11.2. The molecule has 5 nitrogen and oxygen atoms in total. The summed E-state index contributed by atoms with van der Waals surface area (Å²) in [5, 5.41) is 13.7. The van der Waals surface area contributed by atoms with E-state index < -0.39 is 5.97 Å². The molecule has 0 aromatic rings. The van der Waals surface area contributed by atoms with Crippen molar-refractivity contribution in [3.05, 3.63) is 0 Å². The van der Waals surface area contributed by atoms with Gasteiger partial charge in [-0.15, -0.1) is 0 Å². The molecular weight excluding hydrogens is 184 g/mol. The molecule has 0 atom stereocenters. The Bertz CT molecular complexity index is 209. The molecule has 0 saturated heterocycles. The molecule has 82 valence electrons. The summed E-state index contributed by atoms with van der Waals surface area (Å²) in [5.74, 6) is -0.989.